The lowest BCUT2D eigenvalue weighted by molar-refractivity contribution is 0.212. The Hall–Kier alpha value is -1.62. The highest BCUT2D eigenvalue weighted by molar-refractivity contribution is 6.72. The fourth-order valence-corrected chi connectivity index (χ4v) is 5.85. The maximum Gasteiger partial charge on any atom is 0.188 e. The van der Waals surface area contributed by atoms with E-state index >= 15 is 0 Å². The van der Waals surface area contributed by atoms with Crippen LogP contribution in [0.1, 0.15) is 6.92 Å². The Kier molecular flexibility index (Phi) is 4.34. The third-order valence-corrected chi connectivity index (χ3v) is 6.54. The van der Waals surface area contributed by atoms with Crippen LogP contribution in [0.15, 0.2) is 60.7 Å². The molecule has 0 saturated carbocycles. The van der Waals surface area contributed by atoms with Gasteiger partial charge in [-0.15, -0.1) is 0 Å². The van der Waals surface area contributed by atoms with E-state index in [2.05, 4.69) is 79.0 Å². The standard InChI is InChI=1S/C18H24N2OSi/c1-15-18(14-22(2,3)21-15)19-20(16-10-6-4-7-11-16)17-12-8-5-9-13-17/h4-13,15,18-19H,14H2,1-3H3/t15-,18+/m0/s1. The summed E-state index contributed by atoms with van der Waals surface area (Å²) in [6.07, 6.45) is 0.247. The van der Waals surface area contributed by atoms with Crippen LogP contribution in [0.4, 0.5) is 11.4 Å². The fraction of sp³-hybridized carbons (Fsp3) is 0.333. The van der Waals surface area contributed by atoms with Gasteiger partial charge in [-0.2, -0.15) is 0 Å². The van der Waals surface area contributed by atoms with Crippen molar-refractivity contribution in [3.05, 3.63) is 60.7 Å². The van der Waals surface area contributed by atoms with Crippen molar-refractivity contribution in [1.29, 1.82) is 0 Å². The summed E-state index contributed by atoms with van der Waals surface area (Å²) in [5.74, 6) is 0. The molecule has 116 valence electrons. The van der Waals surface area contributed by atoms with E-state index in [1.54, 1.807) is 0 Å². The first-order valence-corrected chi connectivity index (χ1v) is 11.0. The van der Waals surface area contributed by atoms with Crippen LogP contribution in [0, 0.1) is 0 Å². The number of hydrogen-bond acceptors (Lipinski definition) is 3. The van der Waals surface area contributed by atoms with Crippen LogP contribution in [0.5, 0.6) is 0 Å². The Labute approximate surface area is 134 Å². The Morgan fingerprint density at radius 1 is 0.955 bits per heavy atom. The molecule has 3 nitrogen and oxygen atoms in total. The summed E-state index contributed by atoms with van der Waals surface area (Å²) in [6.45, 7) is 6.76. The number of rotatable bonds is 4. The average molecular weight is 312 g/mol. The monoisotopic (exact) mass is 312 g/mol. The quantitative estimate of drug-likeness (QED) is 0.672. The van der Waals surface area contributed by atoms with E-state index in [9.17, 15) is 0 Å². The van der Waals surface area contributed by atoms with Crippen molar-refractivity contribution in [3.63, 3.8) is 0 Å². The SMILES string of the molecule is C[C@@H]1O[Si](C)(C)C[C@H]1NN(c1ccccc1)c1ccccc1. The van der Waals surface area contributed by atoms with Gasteiger partial charge in [-0.25, -0.2) is 5.43 Å². The third-order valence-electron chi connectivity index (χ3n) is 4.11. The highest BCUT2D eigenvalue weighted by Crippen LogP contribution is 2.30. The minimum Gasteiger partial charge on any atom is -0.413 e. The lowest BCUT2D eigenvalue weighted by Crippen LogP contribution is -2.45. The van der Waals surface area contributed by atoms with Gasteiger partial charge in [-0.3, -0.25) is 5.01 Å². The molecule has 0 spiro atoms. The number of hydrogen-bond donors (Lipinski definition) is 1. The predicted octanol–water partition coefficient (Wildman–Crippen LogP) is 4.32. The van der Waals surface area contributed by atoms with E-state index in [1.807, 2.05) is 12.1 Å². The van der Waals surface area contributed by atoms with Gasteiger partial charge in [0.25, 0.3) is 0 Å². The molecule has 0 amide bonds. The molecule has 2 atom stereocenters. The molecule has 1 saturated heterocycles. The molecule has 0 aromatic heterocycles. The maximum absolute atomic E-state index is 6.18. The molecule has 2 aromatic rings. The van der Waals surface area contributed by atoms with Crippen LogP contribution in [0.3, 0.4) is 0 Å². The predicted molar refractivity (Wildman–Crippen MR) is 94.8 cm³/mol. The highest BCUT2D eigenvalue weighted by atomic mass is 28.4. The largest absolute Gasteiger partial charge is 0.413 e. The van der Waals surface area contributed by atoms with Crippen LogP contribution in [-0.2, 0) is 4.43 Å². The number of nitrogens with zero attached hydrogens (tertiary/aromatic N) is 1. The Bertz CT molecular complexity index is 563. The van der Waals surface area contributed by atoms with Gasteiger partial charge in [0.1, 0.15) is 0 Å². The number of anilines is 2. The molecule has 0 radical (unpaired) electrons. The smallest absolute Gasteiger partial charge is 0.188 e. The topological polar surface area (TPSA) is 24.5 Å². The van der Waals surface area contributed by atoms with E-state index in [0.29, 0.717) is 6.04 Å². The molecule has 1 heterocycles. The average Bonchev–Trinajstić information content (AvgIpc) is 2.78. The van der Waals surface area contributed by atoms with Gasteiger partial charge in [0.2, 0.25) is 0 Å². The van der Waals surface area contributed by atoms with Crippen molar-refractivity contribution in [2.24, 2.45) is 0 Å². The van der Waals surface area contributed by atoms with Crippen LogP contribution in [-0.4, -0.2) is 20.5 Å². The summed E-state index contributed by atoms with van der Waals surface area (Å²) in [6, 6.07) is 22.4. The van der Waals surface area contributed by atoms with Gasteiger partial charge in [0.15, 0.2) is 8.32 Å². The molecule has 1 aliphatic heterocycles. The first-order chi connectivity index (χ1) is 10.6. The minimum absolute atomic E-state index is 0.247. The molecule has 3 rings (SSSR count). The minimum atomic E-state index is -1.52. The summed E-state index contributed by atoms with van der Waals surface area (Å²) >= 11 is 0. The van der Waals surface area contributed by atoms with Gasteiger partial charge < -0.3 is 4.43 Å². The van der Waals surface area contributed by atoms with Crippen LogP contribution >= 0.6 is 0 Å². The lowest BCUT2D eigenvalue weighted by atomic mass is 10.2. The second-order valence-corrected chi connectivity index (χ2v) is 10.7. The number of benzene rings is 2. The Morgan fingerprint density at radius 2 is 1.45 bits per heavy atom. The molecule has 1 aliphatic rings. The zero-order valence-corrected chi connectivity index (χ0v) is 14.5. The van der Waals surface area contributed by atoms with E-state index in [4.69, 9.17) is 4.43 Å². The van der Waals surface area contributed by atoms with E-state index in [1.165, 1.54) is 0 Å². The van der Waals surface area contributed by atoms with Crippen molar-refractivity contribution in [3.8, 4) is 0 Å². The Balaban J connectivity index is 1.87. The molecular formula is C18H24N2OSi. The van der Waals surface area contributed by atoms with Gasteiger partial charge in [0.05, 0.1) is 23.5 Å². The zero-order valence-electron chi connectivity index (χ0n) is 13.5. The molecule has 1 N–H and O–H groups in total. The molecule has 1 fully saturated rings. The summed E-state index contributed by atoms with van der Waals surface area (Å²) in [7, 11) is -1.52. The van der Waals surface area contributed by atoms with Crippen LogP contribution in [0.25, 0.3) is 0 Å². The lowest BCUT2D eigenvalue weighted by Gasteiger charge is -2.30. The Morgan fingerprint density at radius 3 is 1.86 bits per heavy atom. The molecule has 0 unspecified atom stereocenters. The molecular weight excluding hydrogens is 288 g/mol. The second-order valence-electron chi connectivity index (χ2n) is 6.53. The van der Waals surface area contributed by atoms with Crippen molar-refractivity contribution in [2.75, 3.05) is 5.01 Å². The first kappa shape index (κ1) is 15.3. The number of para-hydroxylation sites is 2. The normalized spacial score (nSPS) is 23.4. The van der Waals surface area contributed by atoms with Gasteiger partial charge in [-0.1, -0.05) is 36.4 Å². The summed E-state index contributed by atoms with van der Waals surface area (Å²) in [5, 5.41) is 2.18. The third kappa shape index (κ3) is 3.40. The molecule has 2 aromatic carbocycles. The van der Waals surface area contributed by atoms with Crippen molar-refractivity contribution in [1.82, 2.24) is 5.43 Å². The van der Waals surface area contributed by atoms with Crippen molar-refractivity contribution >= 4 is 19.7 Å². The molecule has 4 heteroatoms. The first-order valence-electron chi connectivity index (χ1n) is 7.89. The van der Waals surface area contributed by atoms with E-state index in [-0.39, 0.29) is 6.10 Å². The van der Waals surface area contributed by atoms with E-state index in [0.717, 1.165) is 17.4 Å². The second kappa shape index (κ2) is 6.24. The molecule has 22 heavy (non-hydrogen) atoms. The zero-order chi connectivity index (χ0) is 15.6. The maximum atomic E-state index is 6.18. The highest BCUT2D eigenvalue weighted by Gasteiger charge is 2.40. The number of hydrazine groups is 1. The van der Waals surface area contributed by atoms with Gasteiger partial charge >= 0.3 is 0 Å². The van der Waals surface area contributed by atoms with Crippen molar-refractivity contribution in [2.45, 2.75) is 38.2 Å². The number of nitrogens with one attached hydrogen (secondary N) is 1. The summed E-state index contributed by atoms with van der Waals surface area (Å²) in [4.78, 5) is 0. The summed E-state index contributed by atoms with van der Waals surface area (Å²) < 4.78 is 6.18. The molecule has 0 aliphatic carbocycles. The fourth-order valence-electron chi connectivity index (χ4n) is 3.10. The molecule has 0 bridgehead atoms. The van der Waals surface area contributed by atoms with Crippen molar-refractivity contribution < 1.29 is 4.43 Å². The van der Waals surface area contributed by atoms with Gasteiger partial charge in [0, 0.05) is 0 Å². The van der Waals surface area contributed by atoms with Crippen LogP contribution < -0.4 is 10.4 Å². The summed E-state index contributed by atoms with van der Waals surface area (Å²) in [5.41, 5.74) is 5.99. The van der Waals surface area contributed by atoms with Crippen LogP contribution in [0.2, 0.25) is 19.1 Å². The van der Waals surface area contributed by atoms with E-state index < -0.39 is 8.32 Å². The van der Waals surface area contributed by atoms with Gasteiger partial charge in [-0.05, 0) is 50.3 Å².